The van der Waals surface area contributed by atoms with Crippen LogP contribution in [-0.2, 0) is 16.1 Å². The molecule has 0 N–H and O–H groups in total. The Hall–Kier alpha value is -1.71. The maximum absolute atomic E-state index is 11.4. The van der Waals surface area contributed by atoms with Gasteiger partial charge in [0.15, 0.2) is 11.5 Å². The average molecular weight is 266 g/mol. The summed E-state index contributed by atoms with van der Waals surface area (Å²) in [6, 6.07) is 5.54. The fourth-order valence-electron chi connectivity index (χ4n) is 1.63. The number of methoxy groups -OCH3 is 1. The number of carbonyl (C=O) groups excluding carboxylic acids is 1. The molecule has 4 nitrogen and oxygen atoms in total. The van der Waals surface area contributed by atoms with E-state index in [9.17, 15) is 4.79 Å². The Bertz CT molecular complexity index is 401. The molecular formula is C15H22O4. The van der Waals surface area contributed by atoms with E-state index in [-0.39, 0.29) is 12.6 Å². The van der Waals surface area contributed by atoms with Gasteiger partial charge in [0.2, 0.25) is 0 Å². The summed E-state index contributed by atoms with van der Waals surface area (Å²) in [6.45, 7) is 4.82. The van der Waals surface area contributed by atoms with Crippen molar-refractivity contribution in [2.45, 2.75) is 39.7 Å². The molecule has 1 rings (SSSR count). The van der Waals surface area contributed by atoms with Crippen molar-refractivity contribution in [3.8, 4) is 11.5 Å². The van der Waals surface area contributed by atoms with Crippen molar-refractivity contribution in [2.75, 3.05) is 13.7 Å². The second-order valence-electron chi connectivity index (χ2n) is 4.18. The Morgan fingerprint density at radius 1 is 1.21 bits per heavy atom. The van der Waals surface area contributed by atoms with Crippen LogP contribution < -0.4 is 9.47 Å². The number of hydrogen-bond acceptors (Lipinski definition) is 4. The van der Waals surface area contributed by atoms with E-state index in [1.807, 2.05) is 32.0 Å². The lowest BCUT2D eigenvalue weighted by atomic mass is 10.2. The molecule has 0 saturated heterocycles. The van der Waals surface area contributed by atoms with Crippen molar-refractivity contribution in [1.29, 1.82) is 0 Å². The molecule has 106 valence electrons. The minimum Gasteiger partial charge on any atom is -0.493 e. The molecule has 0 aliphatic heterocycles. The zero-order valence-electron chi connectivity index (χ0n) is 11.9. The average Bonchev–Trinajstić information content (AvgIpc) is 2.44. The summed E-state index contributed by atoms with van der Waals surface area (Å²) < 4.78 is 15.9. The first-order valence-electron chi connectivity index (χ1n) is 6.66. The minimum atomic E-state index is -0.158. The van der Waals surface area contributed by atoms with Gasteiger partial charge in [0.05, 0.1) is 13.7 Å². The summed E-state index contributed by atoms with van der Waals surface area (Å²) in [4.78, 5) is 11.4. The van der Waals surface area contributed by atoms with E-state index >= 15 is 0 Å². The molecule has 0 aliphatic rings. The molecule has 0 radical (unpaired) electrons. The molecule has 19 heavy (non-hydrogen) atoms. The van der Waals surface area contributed by atoms with Crippen molar-refractivity contribution < 1.29 is 19.0 Å². The van der Waals surface area contributed by atoms with Crippen molar-refractivity contribution in [3.63, 3.8) is 0 Å². The Morgan fingerprint density at radius 2 is 2.00 bits per heavy atom. The summed E-state index contributed by atoms with van der Waals surface area (Å²) in [7, 11) is 1.59. The second-order valence-corrected chi connectivity index (χ2v) is 4.18. The van der Waals surface area contributed by atoms with E-state index in [1.54, 1.807) is 7.11 Å². The molecule has 0 aliphatic carbocycles. The molecule has 1 aromatic rings. The van der Waals surface area contributed by atoms with Crippen LogP contribution in [0.3, 0.4) is 0 Å². The van der Waals surface area contributed by atoms with Gasteiger partial charge in [-0.15, -0.1) is 0 Å². The van der Waals surface area contributed by atoms with E-state index in [2.05, 4.69) is 0 Å². The quantitative estimate of drug-likeness (QED) is 0.677. The van der Waals surface area contributed by atoms with Crippen LogP contribution in [0.5, 0.6) is 11.5 Å². The minimum absolute atomic E-state index is 0.158. The van der Waals surface area contributed by atoms with Gasteiger partial charge >= 0.3 is 5.97 Å². The third-order valence-corrected chi connectivity index (χ3v) is 2.66. The van der Waals surface area contributed by atoms with Gasteiger partial charge in [-0.05, 0) is 31.0 Å². The molecule has 0 heterocycles. The zero-order chi connectivity index (χ0) is 14.1. The topological polar surface area (TPSA) is 44.8 Å². The fourth-order valence-corrected chi connectivity index (χ4v) is 1.63. The van der Waals surface area contributed by atoms with Crippen molar-refractivity contribution in [3.05, 3.63) is 23.8 Å². The molecular weight excluding hydrogens is 244 g/mol. The number of carbonyl (C=O) groups is 1. The monoisotopic (exact) mass is 266 g/mol. The molecule has 0 aromatic heterocycles. The van der Waals surface area contributed by atoms with Gasteiger partial charge in [-0.25, -0.2) is 0 Å². The third-order valence-electron chi connectivity index (χ3n) is 2.66. The SMILES string of the molecule is CCCCC(=O)OCc1ccc(OCC)c(OC)c1. The highest BCUT2D eigenvalue weighted by Gasteiger charge is 2.07. The lowest BCUT2D eigenvalue weighted by molar-refractivity contribution is -0.145. The van der Waals surface area contributed by atoms with Gasteiger partial charge in [-0.1, -0.05) is 19.4 Å². The molecule has 0 fully saturated rings. The Labute approximate surface area is 114 Å². The summed E-state index contributed by atoms with van der Waals surface area (Å²) in [6.07, 6.45) is 2.34. The van der Waals surface area contributed by atoms with Crippen LogP contribution in [-0.4, -0.2) is 19.7 Å². The van der Waals surface area contributed by atoms with Crippen LogP contribution in [0.2, 0.25) is 0 Å². The second kappa shape index (κ2) is 8.40. The number of esters is 1. The molecule has 0 atom stereocenters. The van der Waals surface area contributed by atoms with Gasteiger partial charge in [-0.3, -0.25) is 4.79 Å². The lowest BCUT2D eigenvalue weighted by Crippen LogP contribution is -2.04. The first kappa shape index (κ1) is 15.3. The smallest absolute Gasteiger partial charge is 0.306 e. The van der Waals surface area contributed by atoms with Gasteiger partial charge in [0, 0.05) is 6.42 Å². The fraction of sp³-hybridized carbons (Fsp3) is 0.533. The maximum Gasteiger partial charge on any atom is 0.306 e. The summed E-state index contributed by atoms with van der Waals surface area (Å²) in [5.41, 5.74) is 0.894. The molecule has 0 unspecified atom stereocenters. The largest absolute Gasteiger partial charge is 0.493 e. The Balaban J connectivity index is 2.57. The van der Waals surface area contributed by atoms with Crippen LogP contribution in [0.4, 0.5) is 0 Å². The van der Waals surface area contributed by atoms with Crippen LogP contribution in [0.25, 0.3) is 0 Å². The van der Waals surface area contributed by atoms with E-state index in [0.717, 1.165) is 18.4 Å². The Kier molecular flexibility index (Phi) is 6.79. The summed E-state index contributed by atoms with van der Waals surface area (Å²) in [5, 5.41) is 0. The number of unbranched alkanes of at least 4 members (excludes halogenated alkanes) is 1. The molecule has 4 heteroatoms. The maximum atomic E-state index is 11.4. The van der Waals surface area contributed by atoms with Crippen molar-refractivity contribution in [1.82, 2.24) is 0 Å². The number of ether oxygens (including phenoxy) is 3. The predicted molar refractivity (Wildman–Crippen MR) is 73.5 cm³/mol. The predicted octanol–water partition coefficient (Wildman–Crippen LogP) is 3.33. The van der Waals surface area contributed by atoms with Crippen molar-refractivity contribution in [2.24, 2.45) is 0 Å². The zero-order valence-corrected chi connectivity index (χ0v) is 11.9. The Morgan fingerprint density at radius 3 is 2.63 bits per heavy atom. The highest BCUT2D eigenvalue weighted by Crippen LogP contribution is 2.28. The highest BCUT2D eigenvalue weighted by atomic mass is 16.5. The standard InChI is InChI=1S/C15H22O4/c1-4-6-7-15(16)19-11-12-8-9-13(18-5-2)14(10-12)17-3/h8-10H,4-7,11H2,1-3H3. The summed E-state index contributed by atoms with van der Waals surface area (Å²) >= 11 is 0. The first-order valence-corrected chi connectivity index (χ1v) is 6.66. The molecule has 0 saturated carbocycles. The van der Waals surface area contributed by atoms with E-state index in [0.29, 0.717) is 24.5 Å². The number of benzene rings is 1. The van der Waals surface area contributed by atoms with Gasteiger partial charge in [-0.2, -0.15) is 0 Å². The lowest BCUT2D eigenvalue weighted by Gasteiger charge is -2.11. The van der Waals surface area contributed by atoms with Gasteiger partial charge < -0.3 is 14.2 Å². The molecule has 0 bridgehead atoms. The molecule has 0 amide bonds. The van der Waals surface area contributed by atoms with E-state index in [1.165, 1.54) is 0 Å². The van der Waals surface area contributed by atoms with Crippen LogP contribution in [0, 0.1) is 0 Å². The molecule has 0 spiro atoms. The van der Waals surface area contributed by atoms with Gasteiger partial charge in [0.25, 0.3) is 0 Å². The summed E-state index contributed by atoms with van der Waals surface area (Å²) in [5.74, 6) is 1.20. The van der Waals surface area contributed by atoms with E-state index < -0.39 is 0 Å². The van der Waals surface area contributed by atoms with Crippen LogP contribution >= 0.6 is 0 Å². The van der Waals surface area contributed by atoms with Crippen molar-refractivity contribution >= 4 is 5.97 Å². The van der Waals surface area contributed by atoms with Crippen LogP contribution in [0.15, 0.2) is 18.2 Å². The molecule has 1 aromatic carbocycles. The van der Waals surface area contributed by atoms with Gasteiger partial charge in [0.1, 0.15) is 6.61 Å². The van der Waals surface area contributed by atoms with E-state index in [4.69, 9.17) is 14.2 Å². The highest BCUT2D eigenvalue weighted by molar-refractivity contribution is 5.69. The van der Waals surface area contributed by atoms with Crippen LogP contribution in [0.1, 0.15) is 38.7 Å². The number of hydrogen-bond donors (Lipinski definition) is 0. The normalized spacial score (nSPS) is 10.1. The number of rotatable bonds is 8. The third kappa shape index (κ3) is 5.20. The first-order chi connectivity index (χ1) is 9.21.